The predicted molar refractivity (Wildman–Crippen MR) is 67.7 cm³/mol. The van der Waals surface area contributed by atoms with Crippen LogP contribution in [0.4, 0.5) is 0 Å². The van der Waals surface area contributed by atoms with Crippen molar-refractivity contribution in [1.82, 2.24) is 0 Å². The maximum absolute atomic E-state index is 6.29. The van der Waals surface area contributed by atoms with E-state index < -0.39 is 0 Å². The van der Waals surface area contributed by atoms with Gasteiger partial charge in [-0.15, -0.1) is 0 Å². The molecule has 1 heterocycles. The van der Waals surface area contributed by atoms with E-state index in [1.807, 2.05) is 0 Å². The Labute approximate surface area is 101 Å². The normalized spacial score (nSPS) is 19.5. The molecule has 1 rings (SSSR count). The minimum Gasteiger partial charge on any atom is -0.380 e. The first-order valence-electron chi connectivity index (χ1n) is 6.87. The van der Waals surface area contributed by atoms with E-state index in [4.69, 9.17) is 9.47 Å². The largest absolute Gasteiger partial charge is 0.380 e. The van der Waals surface area contributed by atoms with Gasteiger partial charge in [0.25, 0.3) is 0 Å². The standard InChI is InChI=1S/C14H28O2/c1-5-9-14(7-3,8-4)16-12-13(6-2)10-15-11-13/h5-12H2,1-4H3. The molecule has 0 bridgehead atoms. The van der Waals surface area contributed by atoms with Crippen LogP contribution in [0.25, 0.3) is 0 Å². The first-order valence-corrected chi connectivity index (χ1v) is 6.87. The van der Waals surface area contributed by atoms with E-state index in [2.05, 4.69) is 27.7 Å². The molecule has 0 N–H and O–H groups in total. The average Bonchev–Trinajstić information content (AvgIpc) is 2.27. The molecular weight excluding hydrogens is 200 g/mol. The fourth-order valence-corrected chi connectivity index (χ4v) is 2.42. The van der Waals surface area contributed by atoms with Crippen molar-refractivity contribution in [3.8, 4) is 0 Å². The Morgan fingerprint density at radius 1 is 1.12 bits per heavy atom. The van der Waals surface area contributed by atoms with E-state index in [9.17, 15) is 0 Å². The topological polar surface area (TPSA) is 18.5 Å². The maximum Gasteiger partial charge on any atom is 0.0677 e. The minimum atomic E-state index is 0.118. The molecule has 0 unspecified atom stereocenters. The zero-order chi connectivity index (χ0) is 12.1. The monoisotopic (exact) mass is 228 g/mol. The van der Waals surface area contributed by atoms with Crippen LogP contribution in [0.15, 0.2) is 0 Å². The van der Waals surface area contributed by atoms with E-state index in [1.54, 1.807) is 0 Å². The van der Waals surface area contributed by atoms with Crippen LogP contribution in [0.5, 0.6) is 0 Å². The summed E-state index contributed by atoms with van der Waals surface area (Å²) in [5.41, 5.74) is 0.440. The smallest absolute Gasteiger partial charge is 0.0677 e. The summed E-state index contributed by atoms with van der Waals surface area (Å²) in [6.45, 7) is 11.6. The highest BCUT2D eigenvalue weighted by atomic mass is 16.5. The van der Waals surface area contributed by atoms with Crippen molar-refractivity contribution in [2.45, 2.75) is 65.4 Å². The van der Waals surface area contributed by atoms with Gasteiger partial charge in [-0.2, -0.15) is 0 Å². The highest BCUT2D eigenvalue weighted by Gasteiger charge is 2.39. The lowest BCUT2D eigenvalue weighted by Gasteiger charge is -2.44. The van der Waals surface area contributed by atoms with Crippen LogP contribution in [-0.4, -0.2) is 25.4 Å². The number of hydrogen-bond donors (Lipinski definition) is 0. The molecule has 2 heteroatoms. The van der Waals surface area contributed by atoms with Gasteiger partial charge in [0.1, 0.15) is 0 Å². The second-order valence-corrected chi connectivity index (χ2v) is 5.28. The molecule has 0 atom stereocenters. The molecule has 2 nitrogen and oxygen atoms in total. The highest BCUT2D eigenvalue weighted by Crippen LogP contribution is 2.35. The lowest BCUT2D eigenvalue weighted by atomic mass is 9.83. The summed E-state index contributed by atoms with van der Waals surface area (Å²) >= 11 is 0. The summed E-state index contributed by atoms with van der Waals surface area (Å²) in [4.78, 5) is 0. The summed E-state index contributed by atoms with van der Waals surface area (Å²) in [7, 11) is 0. The molecule has 0 saturated carbocycles. The quantitative estimate of drug-likeness (QED) is 0.629. The molecule has 0 aromatic heterocycles. The zero-order valence-corrected chi connectivity index (χ0v) is 11.5. The average molecular weight is 228 g/mol. The van der Waals surface area contributed by atoms with Crippen molar-refractivity contribution < 1.29 is 9.47 Å². The lowest BCUT2D eigenvalue weighted by Crippen LogP contribution is -2.48. The van der Waals surface area contributed by atoms with Crippen LogP contribution >= 0.6 is 0 Å². The summed E-state index contributed by atoms with van der Waals surface area (Å²) in [5.74, 6) is 0. The molecule has 1 fully saturated rings. The van der Waals surface area contributed by atoms with Gasteiger partial charge in [0.2, 0.25) is 0 Å². The maximum atomic E-state index is 6.29. The molecular formula is C14H28O2. The van der Waals surface area contributed by atoms with Crippen molar-refractivity contribution in [2.24, 2.45) is 5.41 Å². The van der Waals surface area contributed by atoms with Crippen LogP contribution in [-0.2, 0) is 9.47 Å². The van der Waals surface area contributed by atoms with Crippen LogP contribution < -0.4 is 0 Å². The molecule has 1 aliphatic rings. The van der Waals surface area contributed by atoms with Crippen LogP contribution in [0.2, 0.25) is 0 Å². The Morgan fingerprint density at radius 2 is 1.75 bits per heavy atom. The molecule has 0 aromatic carbocycles. The Balaban J connectivity index is 2.48. The number of ether oxygens (including phenoxy) is 2. The van der Waals surface area contributed by atoms with Crippen molar-refractivity contribution in [2.75, 3.05) is 19.8 Å². The molecule has 0 amide bonds. The van der Waals surface area contributed by atoms with E-state index in [1.165, 1.54) is 19.3 Å². The van der Waals surface area contributed by atoms with Gasteiger partial charge in [-0.3, -0.25) is 0 Å². The van der Waals surface area contributed by atoms with Gasteiger partial charge in [0.15, 0.2) is 0 Å². The van der Waals surface area contributed by atoms with Gasteiger partial charge in [-0.1, -0.05) is 34.1 Å². The van der Waals surface area contributed by atoms with Crippen LogP contribution in [0, 0.1) is 5.41 Å². The van der Waals surface area contributed by atoms with Gasteiger partial charge in [0, 0.05) is 5.41 Å². The second-order valence-electron chi connectivity index (χ2n) is 5.28. The van der Waals surface area contributed by atoms with E-state index in [0.29, 0.717) is 5.41 Å². The fraction of sp³-hybridized carbons (Fsp3) is 1.00. The Hall–Kier alpha value is -0.0800. The minimum absolute atomic E-state index is 0.118. The van der Waals surface area contributed by atoms with Gasteiger partial charge in [0.05, 0.1) is 25.4 Å². The zero-order valence-electron chi connectivity index (χ0n) is 11.5. The van der Waals surface area contributed by atoms with Crippen molar-refractivity contribution in [3.05, 3.63) is 0 Å². The number of rotatable bonds is 8. The third-order valence-corrected chi connectivity index (χ3v) is 4.25. The van der Waals surface area contributed by atoms with Crippen LogP contribution in [0.1, 0.15) is 59.8 Å². The number of hydrogen-bond acceptors (Lipinski definition) is 2. The van der Waals surface area contributed by atoms with E-state index in [-0.39, 0.29) is 5.60 Å². The third kappa shape index (κ3) is 2.98. The Kier molecular flexibility index (Phi) is 5.26. The Morgan fingerprint density at radius 3 is 2.06 bits per heavy atom. The molecule has 0 spiro atoms. The van der Waals surface area contributed by atoms with Gasteiger partial charge in [-0.25, -0.2) is 0 Å². The second kappa shape index (κ2) is 6.02. The summed E-state index contributed by atoms with van der Waals surface area (Å²) in [6.07, 6.45) is 5.80. The molecule has 0 radical (unpaired) electrons. The van der Waals surface area contributed by atoms with E-state index >= 15 is 0 Å². The summed E-state index contributed by atoms with van der Waals surface area (Å²) in [5, 5.41) is 0. The Bertz CT molecular complexity index is 187. The van der Waals surface area contributed by atoms with Gasteiger partial charge >= 0.3 is 0 Å². The highest BCUT2D eigenvalue weighted by molar-refractivity contribution is 4.86. The van der Waals surface area contributed by atoms with Crippen molar-refractivity contribution in [3.63, 3.8) is 0 Å². The first-order chi connectivity index (χ1) is 7.66. The van der Waals surface area contributed by atoms with Gasteiger partial charge in [-0.05, 0) is 25.7 Å². The molecule has 0 aromatic rings. The van der Waals surface area contributed by atoms with Crippen LogP contribution in [0.3, 0.4) is 0 Å². The van der Waals surface area contributed by atoms with Crippen molar-refractivity contribution >= 4 is 0 Å². The summed E-state index contributed by atoms with van der Waals surface area (Å²) in [6, 6.07) is 0. The predicted octanol–water partition coefficient (Wildman–Crippen LogP) is 3.79. The third-order valence-electron chi connectivity index (χ3n) is 4.25. The SMILES string of the molecule is CCCC(CC)(CC)OCC1(CC)COC1. The first kappa shape index (κ1) is 14.0. The summed E-state index contributed by atoms with van der Waals surface area (Å²) < 4.78 is 11.6. The lowest BCUT2D eigenvalue weighted by molar-refractivity contribution is -0.183. The molecule has 0 aliphatic carbocycles. The molecule has 96 valence electrons. The molecule has 1 saturated heterocycles. The van der Waals surface area contributed by atoms with E-state index in [0.717, 1.165) is 32.7 Å². The molecule has 16 heavy (non-hydrogen) atoms. The van der Waals surface area contributed by atoms with Crippen molar-refractivity contribution in [1.29, 1.82) is 0 Å². The fourth-order valence-electron chi connectivity index (χ4n) is 2.42. The molecule has 1 aliphatic heterocycles. The van der Waals surface area contributed by atoms with Gasteiger partial charge < -0.3 is 9.47 Å².